The molecule has 1 aromatic carbocycles. The highest BCUT2D eigenvalue weighted by atomic mass is 16.5. The Morgan fingerprint density at radius 2 is 2.00 bits per heavy atom. The van der Waals surface area contributed by atoms with Crippen LogP contribution in [0.3, 0.4) is 0 Å². The Hall–Kier alpha value is -2.38. The van der Waals surface area contributed by atoms with Crippen LogP contribution in [0, 0.1) is 0 Å². The number of hydrogen-bond donors (Lipinski definition) is 3. The van der Waals surface area contributed by atoms with E-state index in [1.807, 2.05) is 0 Å². The largest absolute Gasteiger partial charge is 0.461 e. The molecule has 3 rings (SSSR count). The van der Waals surface area contributed by atoms with Gasteiger partial charge in [-0.2, -0.15) is 0 Å². The first-order chi connectivity index (χ1) is 11.0. The fraction of sp³-hybridized carbons (Fsp3) is 0.375. The molecule has 2 aliphatic heterocycles. The van der Waals surface area contributed by atoms with Gasteiger partial charge in [0.05, 0.1) is 18.3 Å². The lowest BCUT2D eigenvalue weighted by molar-refractivity contribution is -0.139. The van der Waals surface area contributed by atoms with Gasteiger partial charge >= 0.3 is 5.97 Å². The number of aliphatic hydroxyl groups excluding tert-OH is 2. The number of esters is 1. The van der Waals surface area contributed by atoms with Crippen molar-refractivity contribution >= 4 is 11.9 Å². The van der Waals surface area contributed by atoms with Crippen LogP contribution in [0.1, 0.15) is 17.3 Å². The fourth-order valence-corrected chi connectivity index (χ4v) is 2.76. The lowest BCUT2D eigenvalue weighted by atomic mass is 10.1. The predicted octanol–water partition coefficient (Wildman–Crippen LogP) is -0.389. The second kappa shape index (κ2) is 6.02. The summed E-state index contributed by atoms with van der Waals surface area (Å²) in [6.45, 7) is 2.33. The van der Waals surface area contributed by atoms with E-state index < -0.39 is 24.1 Å². The van der Waals surface area contributed by atoms with E-state index in [4.69, 9.17) is 4.74 Å². The zero-order valence-electron chi connectivity index (χ0n) is 12.6. The van der Waals surface area contributed by atoms with Gasteiger partial charge in [0.1, 0.15) is 17.9 Å². The highest BCUT2D eigenvalue weighted by Crippen LogP contribution is 2.40. The molecule has 2 fully saturated rings. The van der Waals surface area contributed by atoms with Gasteiger partial charge in [0.25, 0.3) is 5.91 Å². The molecule has 1 amide bonds. The summed E-state index contributed by atoms with van der Waals surface area (Å²) in [6.07, 6.45) is -2.19. The van der Waals surface area contributed by atoms with Gasteiger partial charge in [-0.15, -0.1) is 0 Å². The molecule has 2 heterocycles. The highest BCUT2D eigenvalue weighted by molar-refractivity contribution is 6.01. The molecule has 7 nitrogen and oxygen atoms in total. The first kappa shape index (κ1) is 15.5. The molecule has 0 radical (unpaired) electrons. The average Bonchev–Trinajstić information content (AvgIpc) is 3.29. The molecule has 7 heteroatoms. The second-order valence-electron chi connectivity index (χ2n) is 5.46. The molecule has 3 N–H and O–H groups in total. The molecule has 0 saturated carbocycles. The van der Waals surface area contributed by atoms with Crippen LogP contribution in [0.4, 0.5) is 0 Å². The summed E-state index contributed by atoms with van der Waals surface area (Å²) in [6, 6.07) is 8.21. The van der Waals surface area contributed by atoms with Crippen LogP contribution in [-0.2, 0) is 9.53 Å². The number of piperidine rings is 1. The van der Waals surface area contributed by atoms with Gasteiger partial charge in [0.2, 0.25) is 0 Å². The average molecular weight is 318 g/mol. The third kappa shape index (κ3) is 2.80. The van der Waals surface area contributed by atoms with Crippen LogP contribution in [-0.4, -0.2) is 58.4 Å². The van der Waals surface area contributed by atoms with Crippen molar-refractivity contribution in [2.24, 2.45) is 0 Å². The molecule has 122 valence electrons. The molecule has 2 saturated heterocycles. The van der Waals surface area contributed by atoms with Gasteiger partial charge in [0.15, 0.2) is 0 Å². The third-order valence-corrected chi connectivity index (χ3v) is 3.97. The Bertz CT molecular complexity index is 658. The van der Waals surface area contributed by atoms with E-state index in [0.29, 0.717) is 12.1 Å². The summed E-state index contributed by atoms with van der Waals surface area (Å²) in [5.74, 6) is -1.21. The number of carbonyl (C=O) groups is 2. The van der Waals surface area contributed by atoms with Crippen molar-refractivity contribution in [3.63, 3.8) is 0 Å². The third-order valence-electron chi connectivity index (χ3n) is 3.97. The van der Waals surface area contributed by atoms with Crippen LogP contribution in [0.2, 0.25) is 0 Å². The van der Waals surface area contributed by atoms with Crippen molar-refractivity contribution in [2.75, 3.05) is 13.2 Å². The minimum Gasteiger partial charge on any atom is -0.461 e. The number of aliphatic hydroxyl groups is 2. The quantitative estimate of drug-likeness (QED) is 0.397. The van der Waals surface area contributed by atoms with Gasteiger partial charge in [-0.3, -0.25) is 4.79 Å². The van der Waals surface area contributed by atoms with E-state index in [-0.39, 0.29) is 24.0 Å². The van der Waals surface area contributed by atoms with Crippen LogP contribution >= 0.6 is 0 Å². The highest BCUT2D eigenvalue weighted by Gasteiger charge is 2.56. The number of amides is 1. The standard InChI is InChI=1S/C16H18N2O5/c1-2-23-16(22)11(12-14(20)13(19)10-8-18(10)12)17-15(21)9-6-4-3-5-7-9/h3-7,10,13-14,19-20H,2,8H2,1H3,(H,17,21)/b12-11+/t10-,13+,14+,18?/m0/s1. The lowest BCUT2D eigenvalue weighted by Gasteiger charge is -2.18. The Morgan fingerprint density at radius 3 is 2.57 bits per heavy atom. The molecule has 0 aliphatic carbocycles. The van der Waals surface area contributed by atoms with E-state index in [0.717, 1.165) is 0 Å². The van der Waals surface area contributed by atoms with E-state index in [1.54, 1.807) is 42.2 Å². The molecule has 2 aliphatic rings. The Kier molecular flexibility index (Phi) is 4.06. The monoisotopic (exact) mass is 318 g/mol. The first-order valence-corrected chi connectivity index (χ1v) is 7.45. The number of carbonyl (C=O) groups excluding carboxylic acids is 2. The smallest absolute Gasteiger partial charge is 0.356 e. The van der Waals surface area contributed by atoms with Crippen LogP contribution < -0.4 is 5.32 Å². The van der Waals surface area contributed by atoms with Gasteiger partial charge < -0.3 is 25.2 Å². The molecule has 3 atom stereocenters. The second-order valence-corrected chi connectivity index (χ2v) is 5.46. The van der Waals surface area contributed by atoms with E-state index in [2.05, 4.69) is 5.32 Å². The normalized spacial score (nSPS) is 27.3. The molecule has 0 spiro atoms. The van der Waals surface area contributed by atoms with Gasteiger partial charge in [-0.25, -0.2) is 4.79 Å². The van der Waals surface area contributed by atoms with Gasteiger partial charge in [-0.05, 0) is 19.1 Å². The van der Waals surface area contributed by atoms with Crippen molar-refractivity contribution in [3.8, 4) is 0 Å². The maximum absolute atomic E-state index is 12.3. The number of benzene rings is 1. The number of ether oxygens (including phenoxy) is 1. The zero-order chi connectivity index (χ0) is 16.6. The molecule has 23 heavy (non-hydrogen) atoms. The van der Waals surface area contributed by atoms with Gasteiger partial charge in [-0.1, -0.05) is 18.2 Å². The number of nitrogens with one attached hydrogen (secondary N) is 1. The lowest BCUT2D eigenvalue weighted by Crippen LogP contribution is -2.35. The zero-order valence-corrected chi connectivity index (χ0v) is 12.6. The van der Waals surface area contributed by atoms with Crippen molar-refractivity contribution < 1.29 is 24.5 Å². The number of hydrogen-bond acceptors (Lipinski definition) is 6. The summed E-state index contributed by atoms with van der Waals surface area (Å²) >= 11 is 0. The maximum atomic E-state index is 12.3. The summed E-state index contributed by atoms with van der Waals surface area (Å²) in [5, 5.41) is 22.5. The maximum Gasteiger partial charge on any atom is 0.356 e. The summed E-state index contributed by atoms with van der Waals surface area (Å²) in [5.41, 5.74) is 0.475. The van der Waals surface area contributed by atoms with Crippen molar-refractivity contribution in [1.29, 1.82) is 0 Å². The van der Waals surface area contributed by atoms with E-state index in [1.165, 1.54) is 0 Å². The summed E-state index contributed by atoms with van der Waals surface area (Å²) in [7, 11) is 0. The van der Waals surface area contributed by atoms with Crippen molar-refractivity contribution in [3.05, 3.63) is 47.3 Å². The summed E-state index contributed by atoms with van der Waals surface area (Å²) in [4.78, 5) is 26.2. The number of fused-ring (bicyclic) bond motifs is 1. The van der Waals surface area contributed by atoms with Crippen molar-refractivity contribution in [1.82, 2.24) is 10.2 Å². The Morgan fingerprint density at radius 1 is 1.30 bits per heavy atom. The number of nitrogens with zero attached hydrogens (tertiary/aromatic N) is 1. The van der Waals surface area contributed by atoms with Crippen LogP contribution in [0.15, 0.2) is 41.7 Å². The summed E-state index contributed by atoms with van der Waals surface area (Å²) < 4.78 is 4.97. The van der Waals surface area contributed by atoms with Crippen LogP contribution in [0.5, 0.6) is 0 Å². The SMILES string of the molecule is CCOC(=O)/C(NC(=O)c1ccccc1)=C1/[C@@H](O)[C@H](O)[C@@H]2CN12. The molecule has 1 aromatic rings. The fourth-order valence-electron chi connectivity index (χ4n) is 2.76. The van der Waals surface area contributed by atoms with Gasteiger partial charge in [0, 0.05) is 12.1 Å². The topological polar surface area (TPSA) is 98.9 Å². The Labute approximate surface area is 133 Å². The predicted molar refractivity (Wildman–Crippen MR) is 80.1 cm³/mol. The number of rotatable bonds is 4. The molecular weight excluding hydrogens is 300 g/mol. The molecular formula is C16H18N2O5. The molecule has 0 unspecified atom stereocenters. The minimum absolute atomic E-state index is 0.118. The van der Waals surface area contributed by atoms with Crippen molar-refractivity contribution in [2.45, 2.75) is 25.2 Å². The molecule has 0 bridgehead atoms. The first-order valence-electron chi connectivity index (χ1n) is 7.45. The van der Waals surface area contributed by atoms with E-state index in [9.17, 15) is 19.8 Å². The Balaban J connectivity index is 1.91. The van der Waals surface area contributed by atoms with E-state index >= 15 is 0 Å². The minimum atomic E-state index is -1.22. The molecule has 0 aromatic heterocycles. The van der Waals surface area contributed by atoms with Crippen LogP contribution in [0.25, 0.3) is 0 Å².